The maximum atomic E-state index is 9.25. The number of rotatable bonds is 5. The highest BCUT2D eigenvalue weighted by Crippen LogP contribution is 2.08. The molecule has 0 aromatic rings. The van der Waals surface area contributed by atoms with Gasteiger partial charge in [0.25, 0.3) is 5.97 Å². The van der Waals surface area contributed by atoms with Crippen molar-refractivity contribution in [2.24, 2.45) is 5.92 Å². The highest BCUT2D eigenvalue weighted by molar-refractivity contribution is 5.79. The van der Waals surface area contributed by atoms with Gasteiger partial charge < -0.3 is 30.6 Å². The van der Waals surface area contributed by atoms with Crippen molar-refractivity contribution in [2.45, 2.75) is 26.2 Å². The van der Waals surface area contributed by atoms with Crippen LogP contribution in [0.25, 0.3) is 0 Å². The van der Waals surface area contributed by atoms with Crippen LogP contribution in [0.3, 0.4) is 0 Å². The second-order valence-electron chi connectivity index (χ2n) is 4.00. The minimum absolute atomic E-state index is 0.00694. The van der Waals surface area contributed by atoms with Crippen molar-refractivity contribution >= 4 is 17.9 Å². The van der Waals surface area contributed by atoms with Crippen LogP contribution in [0.15, 0.2) is 38.0 Å². The van der Waals surface area contributed by atoms with Crippen molar-refractivity contribution < 1.29 is 45.0 Å². The Morgan fingerprint density at radius 3 is 1.00 bits per heavy atom. The summed E-state index contributed by atoms with van der Waals surface area (Å²) in [4.78, 5) is 27.8. The third-order valence-electron chi connectivity index (χ3n) is 1.21. The van der Waals surface area contributed by atoms with E-state index < -0.39 is 23.9 Å². The zero-order valence-electron chi connectivity index (χ0n) is 13.0. The van der Waals surface area contributed by atoms with E-state index >= 15 is 0 Å². The summed E-state index contributed by atoms with van der Waals surface area (Å²) in [5.41, 5.74) is 0. The second-order valence-corrected chi connectivity index (χ2v) is 4.00. The molecule has 0 spiro atoms. The Hall–Kier alpha value is -2.49. The molecule has 134 valence electrons. The molecule has 0 heterocycles. The first kappa shape index (κ1) is 28.6. The first-order valence-electron chi connectivity index (χ1n) is 5.96. The molecule has 0 saturated carbocycles. The molecular formula is C14H24O9. The predicted molar refractivity (Wildman–Crippen MR) is 82.3 cm³/mol. The fourth-order valence-corrected chi connectivity index (χ4v) is 0.548. The number of carboxylic acids is 3. The third kappa shape index (κ3) is 82.6. The van der Waals surface area contributed by atoms with Gasteiger partial charge in [0, 0.05) is 24.6 Å². The van der Waals surface area contributed by atoms with Gasteiger partial charge >= 0.3 is 17.9 Å². The van der Waals surface area contributed by atoms with E-state index in [0.29, 0.717) is 0 Å². The maximum Gasteiger partial charge on any atom is 0.327 e. The van der Waals surface area contributed by atoms with E-state index in [-0.39, 0.29) is 12.3 Å². The summed E-state index contributed by atoms with van der Waals surface area (Å²) in [6.07, 6.45) is 2.49. The van der Waals surface area contributed by atoms with Gasteiger partial charge in [0.1, 0.15) is 0 Å². The summed E-state index contributed by atoms with van der Waals surface area (Å²) in [7, 11) is 0. The smallest absolute Gasteiger partial charge is 0.327 e. The van der Waals surface area contributed by atoms with Crippen molar-refractivity contribution in [3.8, 4) is 0 Å². The lowest BCUT2D eigenvalue weighted by molar-refractivity contribution is -0.318. The van der Waals surface area contributed by atoms with Gasteiger partial charge in [-0.15, -0.1) is 0 Å². The quantitative estimate of drug-likeness (QED) is 0.307. The number of aliphatic carboxylic acids is 3. The van der Waals surface area contributed by atoms with E-state index in [2.05, 4.69) is 19.7 Å². The largest absolute Gasteiger partial charge is 0.478 e. The van der Waals surface area contributed by atoms with Crippen LogP contribution in [0, 0.1) is 5.92 Å². The van der Waals surface area contributed by atoms with Gasteiger partial charge in [-0.05, 0) is 5.92 Å². The van der Waals surface area contributed by atoms with Gasteiger partial charge in [0.2, 0.25) is 0 Å². The van der Waals surface area contributed by atoms with Crippen LogP contribution in [0.5, 0.6) is 0 Å². The Kier molecular flexibility index (Phi) is 21.9. The number of carbonyl (C=O) groups is 3. The Morgan fingerprint density at radius 2 is 1.00 bits per heavy atom. The molecule has 0 atom stereocenters. The molecular weight excluding hydrogens is 312 g/mol. The van der Waals surface area contributed by atoms with E-state index in [9.17, 15) is 14.4 Å². The molecule has 0 aromatic carbocycles. The molecule has 0 amide bonds. The molecule has 0 aliphatic heterocycles. The van der Waals surface area contributed by atoms with Gasteiger partial charge in [-0.1, -0.05) is 33.6 Å². The Morgan fingerprint density at radius 1 is 0.826 bits per heavy atom. The van der Waals surface area contributed by atoms with E-state index in [1.807, 2.05) is 0 Å². The monoisotopic (exact) mass is 336 g/mol. The molecule has 0 unspecified atom stereocenters. The Balaban J connectivity index is -0.000000108. The van der Waals surface area contributed by atoms with Crippen LogP contribution in [0.1, 0.15) is 20.3 Å². The van der Waals surface area contributed by atoms with E-state index in [0.717, 1.165) is 18.2 Å². The van der Waals surface area contributed by atoms with Crippen LogP contribution < -0.4 is 0 Å². The number of carboxylic acid groups (broad SMARTS) is 3. The molecule has 9 nitrogen and oxygen atoms in total. The lowest BCUT2D eigenvalue weighted by atomic mass is 10.1. The number of hydrogen-bond acceptors (Lipinski definition) is 6. The molecule has 0 bridgehead atoms. The highest BCUT2D eigenvalue weighted by atomic mass is 16.7. The van der Waals surface area contributed by atoms with Crippen molar-refractivity contribution in [3.63, 3.8) is 0 Å². The van der Waals surface area contributed by atoms with Crippen LogP contribution in [0.4, 0.5) is 0 Å². The predicted octanol–water partition coefficient (Wildman–Crippen LogP) is 0.434. The van der Waals surface area contributed by atoms with E-state index in [4.69, 9.17) is 30.6 Å². The summed E-state index contributed by atoms with van der Waals surface area (Å²) in [6.45, 7) is 12.5. The summed E-state index contributed by atoms with van der Waals surface area (Å²) >= 11 is 0. The van der Waals surface area contributed by atoms with E-state index in [1.165, 1.54) is 0 Å². The van der Waals surface area contributed by atoms with Gasteiger partial charge in [-0.3, -0.25) is 0 Å². The molecule has 0 rings (SSSR count). The molecule has 0 aliphatic carbocycles. The first-order valence-corrected chi connectivity index (χ1v) is 5.96. The highest BCUT2D eigenvalue weighted by Gasteiger charge is 2.18. The zero-order chi connectivity index (χ0) is 19.6. The number of hydrogen-bond donors (Lipinski definition) is 6. The summed E-state index contributed by atoms with van der Waals surface area (Å²) in [6, 6.07) is 0. The van der Waals surface area contributed by atoms with Gasteiger partial charge in [0.15, 0.2) is 0 Å². The average molecular weight is 336 g/mol. The average Bonchev–Trinajstić information content (AvgIpc) is 2.37. The minimum Gasteiger partial charge on any atom is -0.478 e. The summed E-state index contributed by atoms with van der Waals surface area (Å²) in [5.74, 6) is -5.33. The summed E-state index contributed by atoms with van der Waals surface area (Å²) in [5, 5.41) is 47.7. The van der Waals surface area contributed by atoms with Crippen molar-refractivity contribution in [3.05, 3.63) is 38.0 Å². The minimum atomic E-state index is -2.48. The van der Waals surface area contributed by atoms with Crippen LogP contribution >= 0.6 is 0 Å². The molecule has 0 saturated heterocycles. The molecule has 0 radical (unpaired) electrons. The van der Waals surface area contributed by atoms with Crippen molar-refractivity contribution in [2.75, 3.05) is 0 Å². The lowest BCUT2D eigenvalue weighted by Gasteiger charge is -2.15. The maximum absolute atomic E-state index is 9.25. The van der Waals surface area contributed by atoms with Crippen LogP contribution in [0.2, 0.25) is 0 Å². The standard InChI is InChI=1S/C5H12O3.3C3H4O2/c1-4(2)3-5(6,7)8;3*1-2-3(4)5/h4,6-8H,3H2,1-2H3;3*2H,1H2,(H,4,5). The van der Waals surface area contributed by atoms with Crippen LogP contribution in [-0.4, -0.2) is 54.5 Å². The van der Waals surface area contributed by atoms with Crippen molar-refractivity contribution in [1.29, 1.82) is 0 Å². The normalized spacial score (nSPS) is 8.61. The Labute approximate surface area is 134 Å². The topological polar surface area (TPSA) is 173 Å². The molecule has 6 N–H and O–H groups in total. The van der Waals surface area contributed by atoms with Crippen LogP contribution in [-0.2, 0) is 14.4 Å². The number of aliphatic hydroxyl groups is 3. The molecule has 23 heavy (non-hydrogen) atoms. The van der Waals surface area contributed by atoms with Crippen molar-refractivity contribution in [1.82, 2.24) is 0 Å². The van der Waals surface area contributed by atoms with Gasteiger partial charge in [-0.25, -0.2) is 14.4 Å². The fourth-order valence-electron chi connectivity index (χ4n) is 0.548. The fraction of sp³-hybridized carbons (Fsp3) is 0.357. The van der Waals surface area contributed by atoms with Gasteiger partial charge in [0.05, 0.1) is 0 Å². The second kappa shape index (κ2) is 17.6. The molecule has 0 aliphatic rings. The van der Waals surface area contributed by atoms with E-state index in [1.54, 1.807) is 13.8 Å². The lowest BCUT2D eigenvalue weighted by Crippen LogP contribution is -2.28. The Bertz CT molecular complexity index is 335. The SMILES string of the molecule is C=CC(=O)O.C=CC(=O)O.C=CC(=O)O.CC(C)CC(O)(O)O. The molecule has 9 heteroatoms. The summed E-state index contributed by atoms with van der Waals surface area (Å²) < 4.78 is 0. The first-order chi connectivity index (χ1) is 10.2. The third-order valence-corrected chi connectivity index (χ3v) is 1.21. The van der Waals surface area contributed by atoms with Gasteiger partial charge in [-0.2, -0.15) is 0 Å². The molecule has 0 fully saturated rings. The zero-order valence-corrected chi connectivity index (χ0v) is 13.0. The molecule has 0 aromatic heterocycles.